The Morgan fingerprint density at radius 1 is 1.41 bits per heavy atom. The first-order valence-corrected chi connectivity index (χ1v) is 6.54. The number of nitrogens with zero attached hydrogens (tertiary/aromatic N) is 1. The van der Waals surface area contributed by atoms with Crippen LogP contribution in [0.5, 0.6) is 0 Å². The fourth-order valence-corrected chi connectivity index (χ4v) is 1.80. The number of sulfonamides is 1. The third-order valence-corrected chi connectivity index (χ3v) is 2.53. The standard InChI is InChI=1S/C9H12N2O5S/c1-17(15,16)10-8-4-2-7(3-5-8)9(12)6-11(13)14/h2-5,9-10,12H,6H2,1H3/t9-/m1/s1. The highest BCUT2D eigenvalue weighted by Crippen LogP contribution is 2.17. The molecule has 0 aliphatic rings. The molecule has 0 heterocycles. The topological polar surface area (TPSA) is 110 Å². The molecule has 0 bridgehead atoms. The lowest BCUT2D eigenvalue weighted by Crippen LogP contribution is -2.12. The second-order valence-corrected chi connectivity index (χ2v) is 5.28. The van der Waals surface area contributed by atoms with E-state index >= 15 is 0 Å². The van der Waals surface area contributed by atoms with Gasteiger partial charge in [-0.25, -0.2) is 8.42 Å². The van der Waals surface area contributed by atoms with Crippen LogP contribution in [0.3, 0.4) is 0 Å². The maximum Gasteiger partial charge on any atom is 0.233 e. The van der Waals surface area contributed by atoms with Gasteiger partial charge in [0, 0.05) is 10.6 Å². The number of nitrogens with one attached hydrogen (secondary N) is 1. The summed E-state index contributed by atoms with van der Waals surface area (Å²) < 4.78 is 24.1. The van der Waals surface area contributed by atoms with Crippen LogP contribution in [0, 0.1) is 10.1 Å². The number of hydrogen-bond donors (Lipinski definition) is 2. The van der Waals surface area contributed by atoms with Gasteiger partial charge in [0.2, 0.25) is 16.6 Å². The first-order chi connectivity index (χ1) is 7.78. The molecule has 1 atom stereocenters. The zero-order valence-corrected chi connectivity index (χ0v) is 9.85. The molecule has 7 nitrogen and oxygen atoms in total. The van der Waals surface area contributed by atoms with Gasteiger partial charge in [0.15, 0.2) is 0 Å². The lowest BCUT2D eigenvalue weighted by Gasteiger charge is -2.08. The van der Waals surface area contributed by atoms with E-state index in [4.69, 9.17) is 0 Å². The minimum absolute atomic E-state index is 0.338. The van der Waals surface area contributed by atoms with Crippen molar-refractivity contribution in [1.29, 1.82) is 0 Å². The van der Waals surface area contributed by atoms with Crippen molar-refractivity contribution in [3.8, 4) is 0 Å². The maximum absolute atomic E-state index is 10.9. The summed E-state index contributed by atoms with van der Waals surface area (Å²) in [7, 11) is -3.35. The van der Waals surface area contributed by atoms with Crippen LogP contribution in [-0.4, -0.2) is 31.2 Å². The summed E-state index contributed by atoms with van der Waals surface area (Å²) in [6, 6.07) is 5.72. The fourth-order valence-electron chi connectivity index (χ4n) is 1.23. The zero-order chi connectivity index (χ0) is 13.1. The van der Waals surface area contributed by atoms with Crippen molar-refractivity contribution in [3.05, 3.63) is 39.9 Å². The second kappa shape index (κ2) is 5.11. The van der Waals surface area contributed by atoms with E-state index in [0.717, 1.165) is 6.26 Å². The van der Waals surface area contributed by atoms with Crippen LogP contribution in [0.1, 0.15) is 11.7 Å². The Balaban J connectivity index is 2.77. The molecule has 17 heavy (non-hydrogen) atoms. The summed E-state index contributed by atoms with van der Waals surface area (Å²) in [5.74, 6) is 0. The van der Waals surface area contributed by atoms with Gasteiger partial charge in [-0.05, 0) is 17.7 Å². The van der Waals surface area contributed by atoms with Crippen molar-refractivity contribution in [3.63, 3.8) is 0 Å². The van der Waals surface area contributed by atoms with Gasteiger partial charge in [-0.15, -0.1) is 0 Å². The van der Waals surface area contributed by atoms with Gasteiger partial charge in [-0.2, -0.15) is 0 Å². The number of aliphatic hydroxyl groups is 1. The number of nitro groups is 1. The van der Waals surface area contributed by atoms with Gasteiger partial charge in [0.25, 0.3) is 0 Å². The molecule has 0 spiro atoms. The maximum atomic E-state index is 10.9. The van der Waals surface area contributed by atoms with Crippen LogP contribution in [0.2, 0.25) is 0 Å². The second-order valence-electron chi connectivity index (χ2n) is 3.53. The minimum atomic E-state index is -3.35. The van der Waals surface area contributed by atoms with Gasteiger partial charge in [-0.3, -0.25) is 14.8 Å². The molecule has 1 aromatic rings. The molecule has 0 fully saturated rings. The fraction of sp³-hybridized carbons (Fsp3) is 0.333. The molecule has 0 saturated carbocycles. The first-order valence-electron chi connectivity index (χ1n) is 4.65. The van der Waals surface area contributed by atoms with Crippen LogP contribution in [0.15, 0.2) is 24.3 Å². The van der Waals surface area contributed by atoms with Crippen LogP contribution < -0.4 is 4.72 Å². The highest BCUT2D eigenvalue weighted by molar-refractivity contribution is 7.92. The quantitative estimate of drug-likeness (QED) is 0.587. The largest absolute Gasteiger partial charge is 0.382 e. The first kappa shape index (κ1) is 13.4. The van der Waals surface area contributed by atoms with Crippen molar-refractivity contribution in [2.24, 2.45) is 0 Å². The summed E-state index contributed by atoms with van der Waals surface area (Å²) in [6.07, 6.45) is -0.181. The average molecular weight is 260 g/mol. The number of hydrogen-bond acceptors (Lipinski definition) is 5. The Hall–Kier alpha value is -1.67. The van der Waals surface area contributed by atoms with Gasteiger partial charge in [0.1, 0.15) is 6.10 Å². The molecule has 0 saturated heterocycles. The van der Waals surface area contributed by atoms with Crippen molar-refractivity contribution in [2.75, 3.05) is 17.5 Å². The number of aliphatic hydroxyl groups excluding tert-OH is 1. The molecule has 8 heteroatoms. The van der Waals surface area contributed by atoms with E-state index in [1.54, 1.807) is 0 Å². The smallest absolute Gasteiger partial charge is 0.233 e. The van der Waals surface area contributed by atoms with E-state index in [1.807, 2.05) is 0 Å². The molecule has 2 N–H and O–H groups in total. The number of anilines is 1. The average Bonchev–Trinajstić information content (AvgIpc) is 2.15. The monoisotopic (exact) mass is 260 g/mol. The highest BCUT2D eigenvalue weighted by Gasteiger charge is 2.13. The molecule has 94 valence electrons. The normalized spacial score (nSPS) is 13.1. The molecule has 0 unspecified atom stereocenters. The molecular formula is C9H12N2O5S. The van der Waals surface area contributed by atoms with Crippen molar-refractivity contribution in [2.45, 2.75) is 6.10 Å². The molecule has 0 aromatic heterocycles. The van der Waals surface area contributed by atoms with Crippen LogP contribution >= 0.6 is 0 Å². The van der Waals surface area contributed by atoms with E-state index in [9.17, 15) is 23.6 Å². The van der Waals surface area contributed by atoms with E-state index < -0.39 is 27.6 Å². The summed E-state index contributed by atoms with van der Waals surface area (Å²) in [6.45, 7) is -0.584. The Kier molecular flexibility index (Phi) is 4.02. The zero-order valence-electron chi connectivity index (χ0n) is 9.03. The summed E-state index contributed by atoms with van der Waals surface area (Å²) in [4.78, 5) is 9.57. The van der Waals surface area contributed by atoms with Gasteiger partial charge in [0.05, 0.1) is 6.26 Å². The molecule has 0 amide bonds. The number of benzene rings is 1. The van der Waals surface area contributed by atoms with Gasteiger partial charge >= 0.3 is 0 Å². The predicted octanol–water partition coefficient (Wildman–Crippen LogP) is 0.368. The molecule has 1 aromatic carbocycles. The Morgan fingerprint density at radius 2 is 1.94 bits per heavy atom. The predicted molar refractivity (Wildman–Crippen MR) is 61.7 cm³/mol. The van der Waals surface area contributed by atoms with Crippen molar-refractivity contribution >= 4 is 15.7 Å². The van der Waals surface area contributed by atoms with Crippen LogP contribution in [-0.2, 0) is 10.0 Å². The minimum Gasteiger partial charge on any atom is -0.382 e. The van der Waals surface area contributed by atoms with E-state index in [-0.39, 0.29) is 0 Å². The third-order valence-electron chi connectivity index (χ3n) is 1.92. The third kappa shape index (κ3) is 4.79. The Morgan fingerprint density at radius 3 is 2.35 bits per heavy atom. The SMILES string of the molecule is CS(=O)(=O)Nc1ccc([C@H](O)C[N+](=O)[O-])cc1. The van der Waals surface area contributed by atoms with Crippen LogP contribution in [0.4, 0.5) is 5.69 Å². The van der Waals surface area contributed by atoms with E-state index in [2.05, 4.69) is 4.72 Å². The number of rotatable bonds is 5. The Bertz CT molecular complexity index is 497. The van der Waals surface area contributed by atoms with Crippen LogP contribution in [0.25, 0.3) is 0 Å². The van der Waals surface area contributed by atoms with E-state index in [1.165, 1.54) is 24.3 Å². The van der Waals surface area contributed by atoms with E-state index in [0.29, 0.717) is 11.3 Å². The Labute approximate surface area is 98.3 Å². The molecule has 0 aliphatic carbocycles. The molecular weight excluding hydrogens is 248 g/mol. The van der Waals surface area contributed by atoms with Gasteiger partial charge < -0.3 is 5.11 Å². The summed E-state index contributed by atoms with van der Waals surface area (Å²) in [5.41, 5.74) is 0.699. The van der Waals surface area contributed by atoms with Crippen molar-refractivity contribution in [1.82, 2.24) is 0 Å². The molecule has 1 rings (SSSR count). The molecule has 0 aliphatic heterocycles. The molecule has 0 radical (unpaired) electrons. The lowest BCUT2D eigenvalue weighted by molar-refractivity contribution is -0.491. The summed E-state index contributed by atoms with van der Waals surface area (Å²) >= 11 is 0. The summed E-state index contributed by atoms with van der Waals surface area (Å²) in [5, 5.41) is 19.6. The van der Waals surface area contributed by atoms with Crippen molar-refractivity contribution < 1.29 is 18.4 Å². The lowest BCUT2D eigenvalue weighted by atomic mass is 10.1. The van der Waals surface area contributed by atoms with Gasteiger partial charge in [-0.1, -0.05) is 12.1 Å². The highest BCUT2D eigenvalue weighted by atomic mass is 32.2.